The number of rotatable bonds is 4. The lowest BCUT2D eigenvalue weighted by atomic mass is 9.33. The minimum Gasteiger partial charge on any atom is -0.331 e. The van der Waals surface area contributed by atoms with Crippen LogP contribution in [0.25, 0.3) is 11.1 Å². The molecule has 4 aliphatic carbocycles. The highest BCUT2D eigenvalue weighted by Crippen LogP contribution is 2.65. The summed E-state index contributed by atoms with van der Waals surface area (Å²) in [5, 5.41) is 0. The van der Waals surface area contributed by atoms with Crippen LogP contribution in [0, 0.1) is 6.92 Å². The number of nitrogens with zero attached hydrogens (tertiary/aromatic N) is 3. The van der Waals surface area contributed by atoms with Gasteiger partial charge >= 0.3 is 0 Å². The van der Waals surface area contributed by atoms with Gasteiger partial charge in [0, 0.05) is 56.3 Å². The smallest absolute Gasteiger partial charge is 0.252 e. The molecule has 82 heavy (non-hydrogen) atoms. The molecule has 3 aliphatic heterocycles. The Balaban J connectivity index is 1.03. The van der Waals surface area contributed by atoms with E-state index in [4.69, 9.17) is 0 Å². The van der Waals surface area contributed by atoms with Crippen LogP contribution in [0.2, 0.25) is 0 Å². The van der Waals surface area contributed by atoms with E-state index in [-0.39, 0.29) is 50.2 Å². The number of hydrogen-bond donors (Lipinski definition) is 0. The zero-order valence-corrected chi connectivity index (χ0v) is 52.0. The van der Waals surface area contributed by atoms with Crippen LogP contribution in [0.1, 0.15) is 197 Å². The molecule has 0 radical (unpaired) electrons. The highest BCUT2D eigenvalue weighted by atomic mass is 15.3. The quantitative estimate of drug-likeness (QED) is 0.163. The van der Waals surface area contributed by atoms with Gasteiger partial charge in [-0.1, -0.05) is 182 Å². The molecule has 3 nitrogen and oxygen atoms in total. The van der Waals surface area contributed by atoms with Crippen molar-refractivity contribution >= 4 is 68.6 Å². The molecular weight excluding hydrogens is 990 g/mol. The van der Waals surface area contributed by atoms with E-state index in [1.165, 1.54) is 160 Å². The summed E-state index contributed by atoms with van der Waals surface area (Å²) in [5.41, 5.74) is 32.6. The van der Waals surface area contributed by atoms with E-state index in [1.807, 2.05) is 0 Å². The molecule has 0 spiro atoms. The Labute approximate surface area is 491 Å². The first-order valence-corrected chi connectivity index (χ1v) is 31.2. The van der Waals surface area contributed by atoms with Gasteiger partial charge < -0.3 is 14.7 Å². The van der Waals surface area contributed by atoms with Crippen molar-refractivity contribution < 1.29 is 0 Å². The lowest BCUT2D eigenvalue weighted by molar-refractivity contribution is 0.245. The maximum Gasteiger partial charge on any atom is 0.252 e. The van der Waals surface area contributed by atoms with Gasteiger partial charge in [0.05, 0.1) is 5.54 Å². The lowest BCUT2D eigenvalue weighted by Gasteiger charge is -2.53. The molecule has 414 valence electrons. The van der Waals surface area contributed by atoms with Crippen LogP contribution >= 0.6 is 0 Å². The number of anilines is 8. The maximum absolute atomic E-state index is 2.88. The molecule has 8 aromatic rings. The second kappa shape index (κ2) is 16.5. The summed E-state index contributed by atoms with van der Waals surface area (Å²) in [6, 6.07) is 59.1. The third-order valence-electron chi connectivity index (χ3n) is 23.0. The molecular formula is C78H84BN3. The molecule has 2 unspecified atom stereocenters. The van der Waals surface area contributed by atoms with Crippen LogP contribution in [0.15, 0.2) is 146 Å². The van der Waals surface area contributed by atoms with Crippen LogP contribution in [0.4, 0.5) is 45.5 Å². The number of fused-ring (bicyclic) bond motifs is 14. The van der Waals surface area contributed by atoms with Gasteiger partial charge in [0.2, 0.25) is 0 Å². The standard InChI is InChI=1S/C78H84BN3/c1-47-39-67-69-68(40-47)82-70-63(77(15)34-33-48-21-17-19-23-56(48)78(77,82)16)41-49(71(2,3)4)42-65(70)79(69)64-32-28-53(46-66(64)81(67)52-25-29-55-54-22-18-20-24-57(54)76(13,14)60(55)43-52)80(50-26-30-58-61(44-50)74(9,10)37-35-72(58,5)6)51-27-31-59-62(45-51)75(11,12)38-36-73(59,7)8/h17-32,39-46H,33-38H2,1-16H3. The fraction of sp³-hybridized carbons (Fsp3) is 0.385. The molecule has 4 heteroatoms. The second-order valence-electron chi connectivity index (χ2n) is 31.1. The molecule has 15 rings (SSSR count). The largest absolute Gasteiger partial charge is 0.331 e. The summed E-state index contributed by atoms with van der Waals surface area (Å²) in [6.07, 6.45) is 6.88. The highest BCUT2D eigenvalue weighted by molar-refractivity contribution is 7.00. The van der Waals surface area contributed by atoms with Crippen molar-refractivity contribution in [1.29, 1.82) is 0 Å². The molecule has 0 fully saturated rings. The van der Waals surface area contributed by atoms with Crippen LogP contribution in [-0.2, 0) is 49.9 Å². The van der Waals surface area contributed by atoms with Crippen molar-refractivity contribution in [3.8, 4) is 11.1 Å². The van der Waals surface area contributed by atoms with Crippen molar-refractivity contribution in [2.24, 2.45) is 0 Å². The van der Waals surface area contributed by atoms with Crippen LogP contribution in [-0.4, -0.2) is 6.71 Å². The van der Waals surface area contributed by atoms with Gasteiger partial charge in [-0.3, -0.25) is 0 Å². The van der Waals surface area contributed by atoms with Gasteiger partial charge in [-0.2, -0.15) is 0 Å². The zero-order chi connectivity index (χ0) is 57.4. The van der Waals surface area contributed by atoms with Crippen molar-refractivity contribution in [2.75, 3.05) is 14.7 Å². The van der Waals surface area contributed by atoms with Crippen LogP contribution in [0.5, 0.6) is 0 Å². The van der Waals surface area contributed by atoms with E-state index >= 15 is 0 Å². The molecule has 8 aromatic carbocycles. The molecule has 3 heterocycles. The zero-order valence-electron chi connectivity index (χ0n) is 52.0. The first-order valence-electron chi connectivity index (χ1n) is 31.2. The SMILES string of the molecule is Cc1cc2c3c(c1)N1c4c(cc(C(C)(C)C)cc4C4(C)CCc5ccccc5C14C)B3c1ccc(N(c3ccc4c(c3)C(C)(C)CCC4(C)C)c3ccc4c(c3)C(C)(C)CCC4(C)C)cc1N2c1ccc2c(c1)C(C)(C)c1ccccc1-2. The van der Waals surface area contributed by atoms with Crippen molar-refractivity contribution in [2.45, 2.75) is 193 Å². The summed E-state index contributed by atoms with van der Waals surface area (Å²) in [6.45, 7) is 39.4. The first kappa shape index (κ1) is 52.1. The maximum atomic E-state index is 2.88. The third-order valence-corrected chi connectivity index (χ3v) is 23.0. The third kappa shape index (κ3) is 6.85. The minimum atomic E-state index is -0.321. The molecule has 0 amide bonds. The van der Waals surface area contributed by atoms with Crippen molar-refractivity contribution in [3.63, 3.8) is 0 Å². The fourth-order valence-electron chi connectivity index (χ4n) is 17.6. The summed E-state index contributed by atoms with van der Waals surface area (Å²) < 4.78 is 0. The summed E-state index contributed by atoms with van der Waals surface area (Å²) in [7, 11) is 0. The van der Waals surface area contributed by atoms with Gasteiger partial charge in [0.15, 0.2) is 0 Å². The van der Waals surface area contributed by atoms with Gasteiger partial charge in [-0.25, -0.2) is 0 Å². The summed E-state index contributed by atoms with van der Waals surface area (Å²) in [4.78, 5) is 8.23. The lowest BCUT2D eigenvalue weighted by Crippen LogP contribution is -2.64. The Kier molecular flexibility index (Phi) is 10.5. The fourth-order valence-corrected chi connectivity index (χ4v) is 17.6. The minimum absolute atomic E-state index is 0.00270. The Morgan fingerprint density at radius 3 is 1.66 bits per heavy atom. The average molecular weight is 1070 g/mol. The number of aryl methyl sites for hydroxylation is 2. The molecule has 0 saturated carbocycles. The molecule has 0 bridgehead atoms. The normalized spacial score (nSPS) is 22.6. The number of benzene rings is 8. The Morgan fingerprint density at radius 1 is 0.451 bits per heavy atom. The monoisotopic (exact) mass is 1070 g/mol. The predicted octanol–water partition coefficient (Wildman–Crippen LogP) is 18.7. The molecule has 0 aromatic heterocycles. The summed E-state index contributed by atoms with van der Waals surface area (Å²) >= 11 is 0. The van der Waals surface area contributed by atoms with E-state index in [1.54, 1.807) is 0 Å². The van der Waals surface area contributed by atoms with Gasteiger partial charge in [0.1, 0.15) is 0 Å². The Morgan fingerprint density at radius 2 is 1.01 bits per heavy atom. The van der Waals surface area contributed by atoms with Crippen LogP contribution in [0.3, 0.4) is 0 Å². The summed E-state index contributed by atoms with van der Waals surface area (Å²) in [5.74, 6) is 0. The van der Waals surface area contributed by atoms with E-state index in [0.29, 0.717) is 0 Å². The first-order chi connectivity index (χ1) is 38.7. The van der Waals surface area contributed by atoms with E-state index in [0.717, 1.165) is 12.8 Å². The van der Waals surface area contributed by atoms with Gasteiger partial charge in [-0.05, 0) is 229 Å². The molecule has 2 atom stereocenters. The van der Waals surface area contributed by atoms with E-state index in [2.05, 4.69) is 271 Å². The van der Waals surface area contributed by atoms with Crippen molar-refractivity contribution in [3.05, 3.63) is 207 Å². The Bertz CT molecular complexity index is 4020. The topological polar surface area (TPSA) is 9.72 Å². The van der Waals surface area contributed by atoms with Gasteiger partial charge in [0.25, 0.3) is 6.71 Å². The highest BCUT2D eigenvalue weighted by Gasteiger charge is 2.63. The van der Waals surface area contributed by atoms with E-state index < -0.39 is 0 Å². The predicted molar refractivity (Wildman–Crippen MR) is 350 cm³/mol. The average Bonchev–Trinajstić information content (AvgIpc) is 1.93. The van der Waals surface area contributed by atoms with Crippen molar-refractivity contribution in [1.82, 2.24) is 0 Å². The second-order valence-corrected chi connectivity index (χ2v) is 31.1. The molecule has 7 aliphatic rings. The van der Waals surface area contributed by atoms with Crippen LogP contribution < -0.4 is 31.1 Å². The van der Waals surface area contributed by atoms with E-state index in [9.17, 15) is 0 Å². The Hall–Kier alpha value is -6.78. The molecule has 0 saturated heterocycles. The molecule has 0 N–H and O–H groups in total. The number of hydrogen-bond acceptors (Lipinski definition) is 3. The van der Waals surface area contributed by atoms with Gasteiger partial charge in [-0.15, -0.1) is 0 Å².